The number of amides is 2. The van der Waals surface area contributed by atoms with Crippen LogP contribution in [-0.2, 0) is 20.7 Å². The summed E-state index contributed by atoms with van der Waals surface area (Å²) in [6, 6.07) is 10.5. The van der Waals surface area contributed by atoms with Gasteiger partial charge in [0.05, 0.1) is 24.5 Å². The number of likely N-dealkylation sites (tertiary alicyclic amines) is 1. The second-order valence-corrected chi connectivity index (χ2v) is 7.68. The van der Waals surface area contributed by atoms with Gasteiger partial charge in [-0.05, 0) is 24.8 Å². The van der Waals surface area contributed by atoms with Gasteiger partial charge in [-0.15, -0.1) is 0 Å². The molecule has 5 rings (SSSR count). The summed E-state index contributed by atoms with van der Waals surface area (Å²) in [5, 5.41) is 3.06. The molecule has 2 amide bonds. The highest BCUT2D eigenvalue weighted by molar-refractivity contribution is 5.93. The van der Waals surface area contributed by atoms with Gasteiger partial charge in [0, 0.05) is 12.6 Å². The summed E-state index contributed by atoms with van der Waals surface area (Å²) in [4.78, 5) is 27.6. The average Bonchev–Trinajstić information content (AvgIpc) is 3.16. The monoisotopic (exact) mass is 338 g/mol. The molecular formula is C20H22N2O3. The molecule has 4 unspecified atom stereocenters. The Bertz CT molecular complexity index is 743. The molecule has 4 atom stereocenters. The number of rotatable bonds is 5. The molecule has 4 aliphatic rings. The number of carbonyl (C=O) groups is 2. The Labute approximate surface area is 147 Å². The Kier molecular flexibility index (Phi) is 3.29. The van der Waals surface area contributed by atoms with Crippen LogP contribution in [0.1, 0.15) is 18.4 Å². The molecule has 1 spiro atoms. The van der Waals surface area contributed by atoms with Gasteiger partial charge in [0.25, 0.3) is 0 Å². The second kappa shape index (κ2) is 5.43. The smallest absolute Gasteiger partial charge is 0.230 e. The normalized spacial score (nSPS) is 35.3. The fourth-order valence-corrected chi connectivity index (χ4v) is 4.50. The molecule has 2 bridgehead atoms. The standard InChI is InChI=1S/C20H22N2O3/c23-18(21-14-6-7-14)16-15-8-10-20(25-15)12-22(19(24)17(16)20)11-9-13-4-2-1-3-5-13/h1-5,8,10,14-17H,6-7,9,11-12H2,(H,21,23). The number of carbonyl (C=O) groups excluding carboxylic acids is 2. The molecule has 130 valence electrons. The van der Waals surface area contributed by atoms with Crippen LogP contribution >= 0.6 is 0 Å². The summed E-state index contributed by atoms with van der Waals surface area (Å²) >= 11 is 0. The van der Waals surface area contributed by atoms with E-state index in [1.807, 2.05) is 35.3 Å². The van der Waals surface area contributed by atoms with Crippen LogP contribution in [0, 0.1) is 11.8 Å². The molecule has 2 saturated heterocycles. The van der Waals surface area contributed by atoms with Gasteiger partial charge in [-0.25, -0.2) is 0 Å². The van der Waals surface area contributed by atoms with Crippen molar-refractivity contribution in [3.05, 3.63) is 48.0 Å². The van der Waals surface area contributed by atoms with E-state index < -0.39 is 5.60 Å². The third-order valence-electron chi connectivity index (χ3n) is 5.92. The van der Waals surface area contributed by atoms with Gasteiger partial charge in [-0.3, -0.25) is 9.59 Å². The molecule has 3 heterocycles. The van der Waals surface area contributed by atoms with Crippen molar-refractivity contribution < 1.29 is 14.3 Å². The van der Waals surface area contributed by atoms with E-state index in [1.54, 1.807) is 0 Å². The van der Waals surface area contributed by atoms with E-state index in [0.29, 0.717) is 19.1 Å². The van der Waals surface area contributed by atoms with Crippen molar-refractivity contribution in [3.8, 4) is 0 Å². The lowest BCUT2D eigenvalue weighted by Gasteiger charge is -2.23. The number of fused-ring (bicyclic) bond motifs is 1. The molecule has 3 aliphatic heterocycles. The van der Waals surface area contributed by atoms with E-state index in [-0.39, 0.29) is 29.8 Å². The number of ether oxygens (including phenoxy) is 1. The zero-order chi connectivity index (χ0) is 17.0. The van der Waals surface area contributed by atoms with Crippen LogP contribution in [-0.4, -0.2) is 47.6 Å². The van der Waals surface area contributed by atoms with E-state index in [0.717, 1.165) is 19.3 Å². The predicted octanol–water partition coefficient (Wildman–Crippen LogP) is 1.29. The number of hydrogen-bond donors (Lipinski definition) is 1. The van der Waals surface area contributed by atoms with Crippen molar-refractivity contribution in [3.63, 3.8) is 0 Å². The number of hydrogen-bond acceptors (Lipinski definition) is 3. The summed E-state index contributed by atoms with van der Waals surface area (Å²) in [5.41, 5.74) is 0.623. The molecule has 5 heteroatoms. The first-order valence-electron chi connectivity index (χ1n) is 9.17. The highest BCUT2D eigenvalue weighted by Crippen LogP contribution is 2.52. The lowest BCUT2D eigenvalue weighted by Crippen LogP contribution is -2.44. The molecule has 1 aliphatic carbocycles. The van der Waals surface area contributed by atoms with Gasteiger partial charge in [0.1, 0.15) is 5.60 Å². The van der Waals surface area contributed by atoms with Gasteiger partial charge in [-0.2, -0.15) is 0 Å². The lowest BCUT2D eigenvalue weighted by molar-refractivity contribution is -0.137. The van der Waals surface area contributed by atoms with E-state index in [1.165, 1.54) is 5.56 Å². The van der Waals surface area contributed by atoms with Crippen molar-refractivity contribution in [2.75, 3.05) is 13.1 Å². The van der Waals surface area contributed by atoms with Gasteiger partial charge >= 0.3 is 0 Å². The molecular weight excluding hydrogens is 316 g/mol. The minimum Gasteiger partial charge on any atom is -0.360 e. The third kappa shape index (κ3) is 2.41. The van der Waals surface area contributed by atoms with Crippen LogP contribution in [0.25, 0.3) is 0 Å². The maximum atomic E-state index is 13.0. The van der Waals surface area contributed by atoms with Crippen LogP contribution in [0.2, 0.25) is 0 Å². The zero-order valence-electron chi connectivity index (χ0n) is 14.1. The molecule has 3 fully saturated rings. The third-order valence-corrected chi connectivity index (χ3v) is 5.92. The van der Waals surface area contributed by atoms with Crippen LogP contribution in [0.3, 0.4) is 0 Å². The summed E-state index contributed by atoms with van der Waals surface area (Å²) in [6.07, 6.45) is 6.66. The molecule has 1 aromatic rings. The Balaban J connectivity index is 1.33. The second-order valence-electron chi connectivity index (χ2n) is 7.68. The van der Waals surface area contributed by atoms with Crippen LogP contribution < -0.4 is 5.32 Å². The van der Waals surface area contributed by atoms with Crippen LogP contribution in [0.15, 0.2) is 42.5 Å². The fourth-order valence-electron chi connectivity index (χ4n) is 4.50. The van der Waals surface area contributed by atoms with Gasteiger partial charge in [0.15, 0.2) is 0 Å². The van der Waals surface area contributed by atoms with E-state index in [9.17, 15) is 9.59 Å². The SMILES string of the molecule is O=C(NC1CC1)C1C2C=CC3(CN(CCc4ccccc4)C(=O)C13)O2. The van der Waals surface area contributed by atoms with Crippen molar-refractivity contribution in [1.82, 2.24) is 10.2 Å². The Morgan fingerprint density at radius 1 is 1.28 bits per heavy atom. The summed E-state index contributed by atoms with van der Waals surface area (Å²) in [5.74, 6) is -0.683. The van der Waals surface area contributed by atoms with E-state index in [2.05, 4.69) is 17.4 Å². The number of nitrogens with zero attached hydrogens (tertiary/aromatic N) is 1. The molecule has 25 heavy (non-hydrogen) atoms. The summed E-state index contributed by atoms with van der Waals surface area (Å²) in [7, 11) is 0. The minimum absolute atomic E-state index is 0.0121. The van der Waals surface area contributed by atoms with Crippen molar-refractivity contribution in [2.45, 2.75) is 37.0 Å². The average molecular weight is 338 g/mol. The maximum absolute atomic E-state index is 13.0. The molecule has 0 aromatic heterocycles. The van der Waals surface area contributed by atoms with Gasteiger partial charge in [-0.1, -0.05) is 42.5 Å². The molecule has 1 N–H and O–H groups in total. The molecule has 1 saturated carbocycles. The van der Waals surface area contributed by atoms with Crippen molar-refractivity contribution in [2.24, 2.45) is 11.8 Å². The number of nitrogens with one attached hydrogen (secondary N) is 1. The van der Waals surface area contributed by atoms with Crippen LogP contribution in [0.4, 0.5) is 0 Å². The first-order valence-corrected chi connectivity index (χ1v) is 9.17. The first kappa shape index (κ1) is 15.1. The molecule has 5 nitrogen and oxygen atoms in total. The quantitative estimate of drug-likeness (QED) is 0.823. The Morgan fingerprint density at radius 3 is 2.84 bits per heavy atom. The Morgan fingerprint density at radius 2 is 2.08 bits per heavy atom. The molecule has 1 aromatic carbocycles. The highest BCUT2D eigenvalue weighted by atomic mass is 16.5. The fraction of sp³-hybridized carbons (Fsp3) is 0.500. The zero-order valence-corrected chi connectivity index (χ0v) is 14.1. The minimum atomic E-state index is -0.593. The summed E-state index contributed by atoms with van der Waals surface area (Å²) in [6.45, 7) is 1.23. The van der Waals surface area contributed by atoms with Crippen molar-refractivity contribution in [1.29, 1.82) is 0 Å². The maximum Gasteiger partial charge on any atom is 0.230 e. The summed E-state index contributed by atoms with van der Waals surface area (Å²) < 4.78 is 6.14. The van der Waals surface area contributed by atoms with Crippen molar-refractivity contribution >= 4 is 11.8 Å². The first-order chi connectivity index (χ1) is 12.2. The number of benzene rings is 1. The molecule has 0 radical (unpaired) electrons. The Hall–Kier alpha value is -2.14. The van der Waals surface area contributed by atoms with Gasteiger partial charge < -0.3 is 15.0 Å². The topological polar surface area (TPSA) is 58.6 Å². The van der Waals surface area contributed by atoms with Gasteiger partial charge in [0.2, 0.25) is 11.8 Å². The lowest BCUT2D eigenvalue weighted by atomic mass is 9.77. The van der Waals surface area contributed by atoms with Crippen LogP contribution in [0.5, 0.6) is 0 Å². The van der Waals surface area contributed by atoms with E-state index >= 15 is 0 Å². The predicted molar refractivity (Wildman–Crippen MR) is 91.6 cm³/mol. The van der Waals surface area contributed by atoms with E-state index in [4.69, 9.17) is 4.74 Å². The highest BCUT2D eigenvalue weighted by Gasteiger charge is 2.66. The largest absolute Gasteiger partial charge is 0.360 e.